The van der Waals surface area contributed by atoms with Crippen molar-refractivity contribution in [3.05, 3.63) is 29.8 Å². The first-order valence-corrected chi connectivity index (χ1v) is 8.00. The normalized spacial score (nSPS) is 14.0. The van der Waals surface area contributed by atoms with Crippen LogP contribution in [0.2, 0.25) is 0 Å². The highest BCUT2D eigenvalue weighted by atomic mass is 16.7. The molecule has 0 aromatic heterocycles. The van der Waals surface area contributed by atoms with Gasteiger partial charge in [-0.25, -0.2) is 4.79 Å². The van der Waals surface area contributed by atoms with Gasteiger partial charge in [-0.2, -0.15) is 0 Å². The van der Waals surface area contributed by atoms with E-state index in [2.05, 4.69) is 0 Å². The molecule has 1 fully saturated rings. The number of hydrogen-bond donors (Lipinski definition) is 0. The van der Waals surface area contributed by atoms with E-state index in [0.29, 0.717) is 18.2 Å². The molecule has 0 bridgehead atoms. The average molecular weight is 334 g/mol. The highest BCUT2D eigenvalue weighted by Gasteiger charge is 2.34. The number of carbonyl (C=O) groups is 3. The van der Waals surface area contributed by atoms with Gasteiger partial charge >= 0.3 is 6.09 Å². The molecular formula is C17H22N2O5. The first kappa shape index (κ1) is 17.8. The second-order valence-corrected chi connectivity index (χ2v) is 5.56. The predicted octanol–water partition coefficient (Wildman–Crippen LogP) is 2.50. The third kappa shape index (κ3) is 4.47. The molecule has 0 atom stereocenters. The number of methoxy groups -OCH3 is 1. The van der Waals surface area contributed by atoms with Gasteiger partial charge in [0.05, 0.1) is 7.11 Å². The molecule has 7 heteroatoms. The van der Waals surface area contributed by atoms with Gasteiger partial charge in [-0.05, 0) is 24.1 Å². The number of hydroxylamine groups is 2. The van der Waals surface area contributed by atoms with Gasteiger partial charge < -0.3 is 14.5 Å². The number of hydrogen-bond acceptors (Lipinski definition) is 5. The number of carbonyl (C=O) groups excluding carboxylic acids is 3. The monoisotopic (exact) mass is 334 g/mol. The molecule has 1 aliphatic rings. The minimum absolute atomic E-state index is 0.0829. The molecule has 7 nitrogen and oxygen atoms in total. The lowest BCUT2D eigenvalue weighted by Crippen LogP contribution is -2.39. The van der Waals surface area contributed by atoms with Crippen molar-refractivity contribution in [1.82, 2.24) is 9.96 Å². The molecule has 2 rings (SSSR count). The Kier molecular flexibility index (Phi) is 6.17. The van der Waals surface area contributed by atoms with Crippen molar-refractivity contribution in [1.29, 1.82) is 0 Å². The highest BCUT2D eigenvalue weighted by Crippen LogP contribution is 2.16. The van der Waals surface area contributed by atoms with Crippen molar-refractivity contribution in [3.8, 4) is 5.75 Å². The van der Waals surface area contributed by atoms with Gasteiger partial charge in [0, 0.05) is 25.9 Å². The number of imide groups is 1. The van der Waals surface area contributed by atoms with Crippen LogP contribution in [0.1, 0.15) is 38.2 Å². The molecule has 0 radical (unpaired) electrons. The fourth-order valence-corrected chi connectivity index (χ4v) is 2.33. The van der Waals surface area contributed by atoms with Gasteiger partial charge in [0.25, 0.3) is 11.8 Å². The van der Waals surface area contributed by atoms with E-state index in [1.54, 1.807) is 7.11 Å². The minimum Gasteiger partial charge on any atom is -0.497 e. The average Bonchev–Trinajstić information content (AvgIpc) is 2.91. The third-order valence-electron chi connectivity index (χ3n) is 3.75. The van der Waals surface area contributed by atoms with Crippen LogP contribution < -0.4 is 4.74 Å². The highest BCUT2D eigenvalue weighted by molar-refractivity contribution is 6.01. The second-order valence-electron chi connectivity index (χ2n) is 5.56. The van der Waals surface area contributed by atoms with E-state index in [4.69, 9.17) is 9.57 Å². The summed E-state index contributed by atoms with van der Waals surface area (Å²) in [6, 6.07) is 7.34. The number of amides is 3. The summed E-state index contributed by atoms with van der Waals surface area (Å²) in [7, 11) is 1.59. The predicted molar refractivity (Wildman–Crippen MR) is 85.9 cm³/mol. The molecule has 24 heavy (non-hydrogen) atoms. The van der Waals surface area contributed by atoms with Gasteiger partial charge in [0.15, 0.2) is 0 Å². The van der Waals surface area contributed by atoms with E-state index < -0.39 is 17.9 Å². The number of rotatable bonds is 7. The van der Waals surface area contributed by atoms with Crippen molar-refractivity contribution in [2.45, 2.75) is 39.2 Å². The number of unbranched alkanes of at least 4 members (excludes halogenated alkanes) is 1. The van der Waals surface area contributed by atoms with Crippen molar-refractivity contribution in [3.63, 3.8) is 0 Å². The zero-order valence-electron chi connectivity index (χ0n) is 14.0. The van der Waals surface area contributed by atoms with E-state index in [1.165, 1.54) is 4.90 Å². The molecule has 130 valence electrons. The summed E-state index contributed by atoms with van der Waals surface area (Å²) in [5.41, 5.74) is 0.905. The summed E-state index contributed by atoms with van der Waals surface area (Å²) in [6.07, 6.45) is 1.18. The van der Waals surface area contributed by atoms with Crippen molar-refractivity contribution in [2.75, 3.05) is 13.7 Å². The van der Waals surface area contributed by atoms with Crippen LogP contribution in [0.5, 0.6) is 5.75 Å². The molecule has 1 aromatic rings. The summed E-state index contributed by atoms with van der Waals surface area (Å²) in [4.78, 5) is 42.0. The Labute approximate surface area is 141 Å². The molecule has 1 saturated heterocycles. The summed E-state index contributed by atoms with van der Waals surface area (Å²) < 4.78 is 5.11. The maximum atomic E-state index is 12.4. The van der Waals surface area contributed by atoms with Crippen LogP contribution >= 0.6 is 0 Å². The molecule has 0 aliphatic carbocycles. The fourth-order valence-electron chi connectivity index (χ4n) is 2.33. The van der Waals surface area contributed by atoms with E-state index in [9.17, 15) is 14.4 Å². The first-order valence-electron chi connectivity index (χ1n) is 8.00. The Morgan fingerprint density at radius 1 is 1.17 bits per heavy atom. The van der Waals surface area contributed by atoms with E-state index >= 15 is 0 Å². The van der Waals surface area contributed by atoms with Crippen LogP contribution in [0.25, 0.3) is 0 Å². The van der Waals surface area contributed by atoms with Crippen LogP contribution in [0.4, 0.5) is 4.79 Å². The van der Waals surface area contributed by atoms with Gasteiger partial charge in [0.2, 0.25) is 0 Å². The number of benzene rings is 1. The largest absolute Gasteiger partial charge is 0.497 e. The van der Waals surface area contributed by atoms with Crippen LogP contribution in [-0.4, -0.2) is 41.5 Å². The standard InChI is InChI=1S/C17H22N2O5/c1-3-4-11-18(12-13-5-7-14(23-2)8-6-13)17(22)24-19-15(20)9-10-16(19)21/h5-8H,3-4,9-12H2,1-2H3. The lowest BCUT2D eigenvalue weighted by Gasteiger charge is -2.23. The van der Waals surface area contributed by atoms with Crippen molar-refractivity contribution in [2.24, 2.45) is 0 Å². The lowest BCUT2D eigenvalue weighted by molar-refractivity contribution is -0.173. The third-order valence-corrected chi connectivity index (χ3v) is 3.75. The van der Waals surface area contributed by atoms with Crippen LogP contribution in [0.3, 0.4) is 0 Å². The molecule has 0 N–H and O–H groups in total. The van der Waals surface area contributed by atoms with Gasteiger partial charge in [0.1, 0.15) is 5.75 Å². The maximum absolute atomic E-state index is 12.4. The fraction of sp³-hybridized carbons (Fsp3) is 0.471. The Morgan fingerprint density at radius 3 is 2.33 bits per heavy atom. The van der Waals surface area contributed by atoms with Crippen molar-refractivity contribution >= 4 is 17.9 Å². The quantitative estimate of drug-likeness (QED) is 0.716. The molecule has 1 aliphatic heterocycles. The Balaban J connectivity index is 2.04. The molecule has 3 amide bonds. The molecule has 1 aromatic carbocycles. The van der Waals surface area contributed by atoms with Crippen LogP contribution in [-0.2, 0) is 21.0 Å². The summed E-state index contributed by atoms with van der Waals surface area (Å²) in [5.74, 6) is -0.226. The smallest absolute Gasteiger partial charge is 0.435 e. The summed E-state index contributed by atoms with van der Waals surface area (Å²) >= 11 is 0. The minimum atomic E-state index is -0.692. The van der Waals surface area contributed by atoms with Gasteiger partial charge in [-0.3, -0.25) is 9.59 Å². The zero-order chi connectivity index (χ0) is 17.5. The van der Waals surface area contributed by atoms with E-state index in [0.717, 1.165) is 24.2 Å². The van der Waals surface area contributed by atoms with Gasteiger partial charge in [-0.1, -0.05) is 25.5 Å². The SMILES string of the molecule is CCCCN(Cc1ccc(OC)cc1)C(=O)ON1C(=O)CCC1=O. The maximum Gasteiger partial charge on any atom is 0.435 e. The van der Waals surface area contributed by atoms with Crippen molar-refractivity contribution < 1.29 is 24.0 Å². The van der Waals surface area contributed by atoms with Gasteiger partial charge in [-0.15, -0.1) is 5.06 Å². The van der Waals surface area contributed by atoms with Crippen LogP contribution in [0, 0.1) is 0 Å². The zero-order valence-corrected chi connectivity index (χ0v) is 14.0. The number of nitrogens with zero attached hydrogens (tertiary/aromatic N) is 2. The Morgan fingerprint density at radius 2 is 1.79 bits per heavy atom. The first-order chi connectivity index (χ1) is 11.5. The van der Waals surface area contributed by atoms with E-state index in [-0.39, 0.29) is 12.8 Å². The molecular weight excluding hydrogens is 312 g/mol. The van der Waals surface area contributed by atoms with Crippen LogP contribution in [0.15, 0.2) is 24.3 Å². The molecule has 0 saturated carbocycles. The molecule has 0 spiro atoms. The summed E-state index contributed by atoms with van der Waals surface area (Å²) in [5, 5.41) is 0.579. The lowest BCUT2D eigenvalue weighted by atomic mass is 10.2. The van der Waals surface area contributed by atoms with E-state index in [1.807, 2.05) is 31.2 Å². The molecule has 1 heterocycles. The molecule has 0 unspecified atom stereocenters. The Bertz CT molecular complexity index is 584. The topological polar surface area (TPSA) is 76.2 Å². The second kappa shape index (κ2) is 8.33. The Hall–Kier alpha value is -2.57. The summed E-state index contributed by atoms with van der Waals surface area (Å²) in [6.45, 7) is 2.83. The number of ether oxygens (including phenoxy) is 1.